The third-order valence-electron chi connectivity index (χ3n) is 3.25. The molecule has 0 unspecified atom stereocenters. The van der Waals surface area contributed by atoms with Gasteiger partial charge in [-0.1, -0.05) is 11.8 Å². The summed E-state index contributed by atoms with van der Waals surface area (Å²) in [5.74, 6) is 3.45. The van der Waals surface area contributed by atoms with Crippen LogP contribution < -0.4 is 0 Å². The Balaban J connectivity index is 1.73. The van der Waals surface area contributed by atoms with Crippen LogP contribution in [0.5, 0.6) is 0 Å². The summed E-state index contributed by atoms with van der Waals surface area (Å²) in [6.45, 7) is 0.687. The van der Waals surface area contributed by atoms with Gasteiger partial charge in [-0.05, 0) is 31.4 Å². The lowest BCUT2D eigenvalue weighted by Gasteiger charge is -2.07. The van der Waals surface area contributed by atoms with E-state index in [1.165, 1.54) is 12.8 Å². The monoisotopic (exact) mass is 288 g/mol. The van der Waals surface area contributed by atoms with Crippen molar-refractivity contribution in [3.63, 3.8) is 0 Å². The molecule has 1 fully saturated rings. The van der Waals surface area contributed by atoms with E-state index in [-0.39, 0.29) is 0 Å². The maximum atomic E-state index is 8.57. The normalized spacial score (nSPS) is 14.3. The Labute approximate surface area is 122 Å². The Kier molecular flexibility index (Phi) is 4.07. The van der Waals surface area contributed by atoms with E-state index in [1.807, 2.05) is 12.1 Å². The van der Waals surface area contributed by atoms with Crippen molar-refractivity contribution in [2.75, 3.05) is 5.75 Å². The molecular weight excluding hydrogens is 272 g/mol. The maximum absolute atomic E-state index is 8.57. The highest BCUT2D eigenvalue weighted by Gasteiger charge is 2.30. The van der Waals surface area contributed by atoms with Crippen LogP contribution in [-0.2, 0) is 6.54 Å². The van der Waals surface area contributed by atoms with Crippen LogP contribution in [0, 0.1) is 11.3 Å². The van der Waals surface area contributed by atoms with Gasteiger partial charge < -0.3 is 4.42 Å². The molecule has 1 aliphatic carbocycles. The second-order valence-corrected chi connectivity index (χ2v) is 5.95. The fourth-order valence-electron chi connectivity index (χ4n) is 2.07. The molecule has 2 aromatic heterocycles. The molecule has 2 heterocycles. The lowest BCUT2D eigenvalue weighted by molar-refractivity contribution is 0.478. The van der Waals surface area contributed by atoms with Gasteiger partial charge in [0.2, 0.25) is 0 Å². The third kappa shape index (κ3) is 3.05. The Hall–Kier alpha value is -1.74. The molecule has 5 nitrogen and oxygen atoms in total. The van der Waals surface area contributed by atoms with Crippen molar-refractivity contribution in [3.8, 4) is 6.07 Å². The summed E-state index contributed by atoms with van der Waals surface area (Å²) in [6, 6.07) is 6.04. The van der Waals surface area contributed by atoms with E-state index in [1.54, 1.807) is 18.0 Å². The summed E-state index contributed by atoms with van der Waals surface area (Å²) >= 11 is 1.67. The van der Waals surface area contributed by atoms with Gasteiger partial charge in [0.25, 0.3) is 0 Å². The number of nitrogens with zero attached hydrogens (tertiary/aromatic N) is 4. The van der Waals surface area contributed by atoms with Crippen LogP contribution >= 0.6 is 11.8 Å². The molecule has 3 rings (SSSR count). The molecule has 0 saturated heterocycles. The van der Waals surface area contributed by atoms with Gasteiger partial charge in [0.05, 0.1) is 18.9 Å². The molecule has 0 aromatic carbocycles. The molecule has 2 aromatic rings. The summed E-state index contributed by atoms with van der Waals surface area (Å²) in [4.78, 5) is 0. The van der Waals surface area contributed by atoms with Crippen LogP contribution in [0.4, 0.5) is 0 Å². The average Bonchev–Trinajstić information content (AvgIpc) is 3.03. The predicted molar refractivity (Wildman–Crippen MR) is 75.4 cm³/mol. The first kappa shape index (κ1) is 13.3. The summed E-state index contributed by atoms with van der Waals surface area (Å²) in [5.41, 5.74) is 0. The zero-order chi connectivity index (χ0) is 13.8. The molecule has 0 amide bonds. The van der Waals surface area contributed by atoms with E-state index in [9.17, 15) is 0 Å². The van der Waals surface area contributed by atoms with E-state index < -0.39 is 0 Å². The fraction of sp³-hybridized carbons (Fsp3) is 0.500. The number of hydrogen-bond donors (Lipinski definition) is 0. The second-order valence-electron chi connectivity index (χ2n) is 4.89. The van der Waals surface area contributed by atoms with Crippen LogP contribution in [0.15, 0.2) is 28.0 Å². The van der Waals surface area contributed by atoms with Crippen molar-refractivity contribution in [1.29, 1.82) is 5.26 Å². The number of aromatic nitrogens is 3. The lowest BCUT2D eigenvalue weighted by atomic mass is 10.3. The number of thioether (sulfide) groups is 1. The van der Waals surface area contributed by atoms with Crippen LogP contribution in [0.2, 0.25) is 0 Å². The summed E-state index contributed by atoms with van der Waals surface area (Å²) in [7, 11) is 0. The molecule has 0 N–H and O–H groups in total. The summed E-state index contributed by atoms with van der Waals surface area (Å²) < 4.78 is 7.59. The Bertz CT molecular complexity index is 595. The van der Waals surface area contributed by atoms with E-state index >= 15 is 0 Å². The number of unbranched alkanes of at least 4 members (excludes halogenated alkanes) is 1. The SMILES string of the molecule is N#CCCCSc1nnc(C2CC2)n1Cc1ccco1. The minimum atomic E-state index is 0.561. The van der Waals surface area contributed by atoms with E-state index in [0.717, 1.165) is 28.9 Å². The van der Waals surface area contributed by atoms with Crippen LogP contribution in [0.3, 0.4) is 0 Å². The molecule has 1 aliphatic rings. The van der Waals surface area contributed by atoms with Crippen LogP contribution in [-0.4, -0.2) is 20.5 Å². The van der Waals surface area contributed by atoms with E-state index in [2.05, 4.69) is 20.8 Å². The molecule has 0 atom stereocenters. The Morgan fingerprint density at radius 2 is 2.35 bits per heavy atom. The van der Waals surface area contributed by atoms with Gasteiger partial charge >= 0.3 is 0 Å². The number of nitriles is 1. The van der Waals surface area contributed by atoms with Gasteiger partial charge in [0.15, 0.2) is 5.16 Å². The van der Waals surface area contributed by atoms with Crippen molar-refractivity contribution < 1.29 is 4.42 Å². The molecule has 0 spiro atoms. The van der Waals surface area contributed by atoms with Gasteiger partial charge in [-0.3, -0.25) is 4.57 Å². The molecule has 0 aliphatic heterocycles. The number of hydrogen-bond acceptors (Lipinski definition) is 5. The van der Waals surface area contributed by atoms with Gasteiger partial charge in [0.1, 0.15) is 11.6 Å². The first-order valence-corrected chi connectivity index (χ1v) is 7.82. The van der Waals surface area contributed by atoms with Gasteiger partial charge in [0, 0.05) is 18.1 Å². The molecule has 0 bridgehead atoms. The first-order chi connectivity index (χ1) is 9.88. The van der Waals surface area contributed by atoms with Crippen LogP contribution in [0.1, 0.15) is 43.2 Å². The molecule has 6 heteroatoms. The molecule has 0 radical (unpaired) electrons. The summed E-state index contributed by atoms with van der Waals surface area (Å²) in [6.07, 6.45) is 5.57. The zero-order valence-corrected chi connectivity index (χ0v) is 12.0. The van der Waals surface area contributed by atoms with Gasteiger partial charge in [-0.2, -0.15) is 5.26 Å². The van der Waals surface area contributed by atoms with E-state index in [4.69, 9.17) is 9.68 Å². The topological polar surface area (TPSA) is 67.6 Å². The quantitative estimate of drug-likeness (QED) is 0.578. The van der Waals surface area contributed by atoms with Crippen molar-refractivity contribution in [3.05, 3.63) is 30.0 Å². The predicted octanol–water partition coefficient (Wildman–Crippen LogP) is 3.19. The maximum Gasteiger partial charge on any atom is 0.191 e. The smallest absolute Gasteiger partial charge is 0.191 e. The minimum Gasteiger partial charge on any atom is -0.467 e. The lowest BCUT2D eigenvalue weighted by Crippen LogP contribution is -2.05. The highest BCUT2D eigenvalue weighted by Crippen LogP contribution is 2.40. The van der Waals surface area contributed by atoms with Crippen molar-refractivity contribution >= 4 is 11.8 Å². The molecule has 104 valence electrons. The number of furan rings is 1. The van der Waals surface area contributed by atoms with Gasteiger partial charge in [-0.25, -0.2) is 0 Å². The third-order valence-corrected chi connectivity index (χ3v) is 4.30. The number of rotatable bonds is 7. The molecular formula is C14H16N4OS. The van der Waals surface area contributed by atoms with Crippen molar-refractivity contribution in [1.82, 2.24) is 14.8 Å². The van der Waals surface area contributed by atoms with Crippen molar-refractivity contribution in [2.45, 2.75) is 43.3 Å². The fourth-order valence-corrected chi connectivity index (χ4v) is 2.96. The van der Waals surface area contributed by atoms with Crippen molar-refractivity contribution in [2.24, 2.45) is 0 Å². The Morgan fingerprint density at radius 1 is 1.45 bits per heavy atom. The second kappa shape index (κ2) is 6.14. The van der Waals surface area contributed by atoms with Gasteiger partial charge in [-0.15, -0.1) is 10.2 Å². The minimum absolute atomic E-state index is 0.561. The highest BCUT2D eigenvalue weighted by molar-refractivity contribution is 7.99. The molecule has 20 heavy (non-hydrogen) atoms. The average molecular weight is 288 g/mol. The highest BCUT2D eigenvalue weighted by atomic mass is 32.2. The summed E-state index contributed by atoms with van der Waals surface area (Å²) in [5, 5.41) is 18.2. The largest absolute Gasteiger partial charge is 0.467 e. The van der Waals surface area contributed by atoms with E-state index in [0.29, 0.717) is 18.9 Å². The van der Waals surface area contributed by atoms with Crippen LogP contribution in [0.25, 0.3) is 0 Å². The first-order valence-electron chi connectivity index (χ1n) is 6.83. The Morgan fingerprint density at radius 3 is 3.05 bits per heavy atom. The molecule has 1 saturated carbocycles. The standard InChI is InChI=1S/C14H16N4OS/c15-7-1-2-9-20-14-17-16-13(11-5-6-11)18(14)10-12-4-3-8-19-12/h3-4,8,11H,1-2,5-6,9-10H2. The zero-order valence-electron chi connectivity index (χ0n) is 11.2.